The Kier molecular flexibility index (Phi) is 48.4. The van der Waals surface area contributed by atoms with Crippen LogP contribution in [0.4, 0.5) is 0 Å². The number of carbonyl (C=O) groups is 6. The van der Waals surface area contributed by atoms with Gasteiger partial charge in [-0.25, -0.2) is 0 Å². The molecular weight excluding hydrogens is 702 g/mol. The molecule has 0 bridgehead atoms. The van der Waals surface area contributed by atoms with Crippen LogP contribution in [0, 0.1) is 0 Å². The van der Waals surface area contributed by atoms with Crippen LogP contribution < -0.4 is 30.6 Å². The summed E-state index contributed by atoms with van der Waals surface area (Å²) in [6.07, 6.45) is 11.0. The van der Waals surface area contributed by atoms with Gasteiger partial charge in [0, 0.05) is 0 Å². The molecule has 0 saturated carbocycles. The summed E-state index contributed by atoms with van der Waals surface area (Å²) in [7, 11) is 0. The van der Waals surface area contributed by atoms with Gasteiger partial charge in [-0.05, 0) is 36.5 Å². The standard InChI is InChI=1S/C8H17.3C4H4O4.H2S.2Sn/c1-3-5-7-8-6-4-2;3*5-3(6)1-2-4(7)8;;;/h1,3-8H2,2H3;3*1-2H,(H,5,6)(H,7,8);1H2;;/q;;;;;+3;+4/p-7/b;3*2-1-;;;. The maximum absolute atomic E-state index is 9.41. The van der Waals surface area contributed by atoms with E-state index in [1.807, 2.05) is 0 Å². The number of unbranched alkanes of at least 4 members (excludes halogenated alkanes) is 5. The van der Waals surface area contributed by atoms with E-state index in [0.717, 1.165) is 0 Å². The molecule has 0 amide bonds. The largest absolute Gasteiger partial charge is 4.00 e. The van der Waals surface area contributed by atoms with Crippen molar-refractivity contribution in [1.29, 1.82) is 0 Å². The zero-order valence-electron chi connectivity index (χ0n) is 18.8. The Morgan fingerprint density at radius 1 is 0.514 bits per heavy atom. The number of aliphatic carboxylic acids is 6. The molecule has 0 unspecified atom stereocenters. The molecule has 0 aromatic rings. The first-order chi connectivity index (χ1) is 15.3. The molecule has 0 aliphatic rings. The van der Waals surface area contributed by atoms with E-state index in [1.165, 1.54) is 43.0 Å². The van der Waals surface area contributed by atoms with Crippen molar-refractivity contribution in [3.05, 3.63) is 36.5 Å². The number of carbonyl (C=O) groups excluding carboxylic acids is 6. The van der Waals surface area contributed by atoms with Crippen LogP contribution in [-0.4, -0.2) is 82.2 Å². The van der Waals surface area contributed by atoms with Crippen LogP contribution in [0.1, 0.15) is 45.4 Å². The van der Waals surface area contributed by atoms with Crippen LogP contribution >= 0.6 is 0 Å². The summed E-state index contributed by atoms with van der Waals surface area (Å²) in [6.45, 7) is 2.27. The van der Waals surface area contributed by atoms with Gasteiger partial charge in [-0.3, -0.25) is 0 Å². The Balaban J connectivity index is -0.0000000787. The topological polar surface area (TPSA) is 241 Å². The maximum Gasteiger partial charge on any atom is 4.00 e. The van der Waals surface area contributed by atoms with Crippen molar-refractivity contribution in [2.24, 2.45) is 0 Å². The molecule has 0 aromatic heterocycles. The van der Waals surface area contributed by atoms with Gasteiger partial charge in [0.2, 0.25) is 0 Å². The van der Waals surface area contributed by atoms with E-state index in [2.05, 4.69) is 6.92 Å². The predicted octanol–water partition coefficient (Wildman–Crippen LogP) is -6.59. The van der Waals surface area contributed by atoms with Crippen molar-refractivity contribution in [3.63, 3.8) is 0 Å². The van der Waals surface area contributed by atoms with Gasteiger partial charge >= 0.3 is 96.3 Å². The number of thiol groups is 1. The average Bonchev–Trinajstić information content (AvgIpc) is 2.70. The van der Waals surface area contributed by atoms with E-state index in [0.29, 0.717) is 36.5 Å². The fraction of sp³-hybridized carbons (Fsp3) is 0.400. The maximum atomic E-state index is 9.41. The van der Waals surface area contributed by atoms with Crippen LogP contribution in [0.3, 0.4) is 0 Å². The van der Waals surface area contributed by atoms with Crippen molar-refractivity contribution in [2.45, 2.75) is 49.9 Å². The molecule has 0 spiro atoms. The van der Waals surface area contributed by atoms with Gasteiger partial charge in [0.1, 0.15) is 0 Å². The molecule has 12 nitrogen and oxygen atoms in total. The van der Waals surface area contributed by atoms with Crippen LogP contribution in [0.15, 0.2) is 36.5 Å². The molecule has 0 atom stereocenters. The molecule has 0 rings (SSSR count). The SMILES string of the molecule is CCCCCCC[CH2][Sn+3].O=C([O-])/C=C\C(=O)[O-].O=C([O-])/C=C\C(=O)[O-].O=C([O-])/C=C\C(=O)[O-].[SH-].[Sn+4]. The van der Waals surface area contributed by atoms with Gasteiger partial charge in [-0.2, -0.15) is 0 Å². The van der Waals surface area contributed by atoms with Crippen molar-refractivity contribution in [2.75, 3.05) is 0 Å². The minimum absolute atomic E-state index is 0. The van der Waals surface area contributed by atoms with Crippen LogP contribution in [0.2, 0.25) is 4.44 Å². The van der Waals surface area contributed by atoms with Crippen LogP contribution in [0.25, 0.3) is 0 Å². The molecular formula is C20H24O12SSn2. The number of hydrogen-bond donors (Lipinski definition) is 0. The van der Waals surface area contributed by atoms with Gasteiger partial charge in [-0.15, -0.1) is 0 Å². The van der Waals surface area contributed by atoms with Gasteiger partial charge in [0.25, 0.3) is 0 Å². The third kappa shape index (κ3) is 79.8. The minimum atomic E-state index is -1.55. The average molecular weight is 726 g/mol. The quantitative estimate of drug-likeness (QED) is 0.0598. The third-order valence-electron chi connectivity index (χ3n) is 2.60. The first kappa shape index (κ1) is 46.3. The molecule has 0 heterocycles. The number of carboxylic acids is 6. The molecule has 0 fully saturated rings. The number of rotatable bonds is 12. The van der Waals surface area contributed by atoms with E-state index in [-0.39, 0.29) is 37.4 Å². The summed E-state index contributed by atoms with van der Waals surface area (Å²) in [6, 6.07) is 0. The van der Waals surface area contributed by atoms with Crippen molar-refractivity contribution in [1.82, 2.24) is 0 Å². The first-order valence-electron chi connectivity index (χ1n) is 9.24. The van der Waals surface area contributed by atoms with Crippen molar-refractivity contribution in [3.8, 4) is 0 Å². The van der Waals surface area contributed by atoms with Crippen molar-refractivity contribution >= 4 is 95.7 Å². The molecule has 0 aliphatic carbocycles. The molecule has 0 aromatic carbocycles. The van der Waals surface area contributed by atoms with Gasteiger partial charge in [0.05, 0.1) is 35.8 Å². The third-order valence-corrected chi connectivity index (χ3v) is 3.61. The fourth-order valence-electron chi connectivity index (χ4n) is 1.31. The summed E-state index contributed by atoms with van der Waals surface area (Å²) in [5.41, 5.74) is 0. The number of hydrogen-bond acceptors (Lipinski definition) is 13. The second-order valence-electron chi connectivity index (χ2n) is 5.43. The zero-order valence-corrected chi connectivity index (χ0v) is 25.4. The van der Waals surface area contributed by atoms with E-state index in [4.69, 9.17) is 0 Å². The molecule has 0 saturated heterocycles. The Morgan fingerprint density at radius 3 is 0.886 bits per heavy atom. The molecule has 0 N–H and O–H groups in total. The van der Waals surface area contributed by atoms with Crippen LogP contribution in [-0.2, 0) is 42.3 Å². The summed E-state index contributed by atoms with van der Waals surface area (Å²) >= 11 is 1.71. The molecule has 190 valence electrons. The summed E-state index contributed by atoms with van der Waals surface area (Å²) in [5.74, 6) is -9.28. The summed E-state index contributed by atoms with van der Waals surface area (Å²) in [4.78, 5) is 56.5. The normalized spacial score (nSPS) is 9.11. The van der Waals surface area contributed by atoms with Crippen LogP contribution in [0.5, 0.6) is 0 Å². The smallest absolute Gasteiger partial charge is 0.813 e. The molecule has 15 heteroatoms. The Hall–Kier alpha value is -2.01. The Labute approximate surface area is 240 Å². The van der Waals surface area contributed by atoms with E-state index in [1.54, 1.807) is 22.5 Å². The van der Waals surface area contributed by atoms with E-state index in [9.17, 15) is 59.4 Å². The minimum Gasteiger partial charge on any atom is -0.813 e. The van der Waals surface area contributed by atoms with Gasteiger partial charge in [0.15, 0.2) is 0 Å². The second-order valence-corrected chi connectivity index (χ2v) is 6.86. The first-order valence-corrected chi connectivity index (χ1v) is 11.3. The summed E-state index contributed by atoms with van der Waals surface area (Å²) < 4.78 is 1.46. The fourth-order valence-corrected chi connectivity index (χ4v) is 2.03. The van der Waals surface area contributed by atoms with E-state index < -0.39 is 35.8 Å². The van der Waals surface area contributed by atoms with Crippen molar-refractivity contribution < 1.29 is 59.4 Å². The second kappa shape index (κ2) is 36.6. The Morgan fingerprint density at radius 2 is 0.714 bits per heavy atom. The van der Waals surface area contributed by atoms with Gasteiger partial charge in [-0.1, -0.05) is 0 Å². The van der Waals surface area contributed by atoms with E-state index >= 15 is 0 Å². The summed E-state index contributed by atoms with van der Waals surface area (Å²) in [5, 5.41) is 56.5. The zero-order chi connectivity index (χ0) is 26.7. The molecule has 0 radical (unpaired) electrons. The Bertz CT molecular complexity index is 557. The molecule has 35 heavy (non-hydrogen) atoms. The number of carboxylic acid groups (broad SMARTS) is 6. The predicted molar refractivity (Wildman–Crippen MR) is 116 cm³/mol. The monoisotopic (exact) mass is 728 g/mol. The van der Waals surface area contributed by atoms with Gasteiger partial charge < -0.3 is 72.9 Å². The molecule has 0 aliphatic heterocycles.